The molecule has 0 bridgehead atoms. The summed E-state index contributed by atoms with van der Waals surface area (Å²) >= 11 is 1.30. The maximum Gasteiger partial charge on any atom is 0.336 e. The van der Waals surface area contributed by atoms with Gasteiger partial charge in [0.2, 0.25) is 5.16 Å². The number of tetrazole rings is 1. The van der Waals surface area contributed by atoms with Crippen molar-refractivity contribution >= 4 is 17.7 Å². The minimum absolute atomic E-state index is 0.287. The second-order valence-corrected chi connectivity index (χ2v) is 5.55. The van der Waals surface area contributed by atoms with E-state index in [1.165, 1.54) is 11.8 Å². The normalized spacial score (nSPS) is 14.6. The second-order valence-electron chi connectivity index (χ2n) is 4.54. The van der Waals surface area contributed by atoms with Gasteiger partial charge in [0.05, 0.1) is 11.6 Å². The van der Waals surface area contributed by atoms with Gasteiger partial charge in [-0.3, -0.25) is 0 Å². The summed E-state index contributed by atoms with van der Waals surface area (Å²) in [5.41, 5.74) is 1.21. The van der Waals surface area contributed by atoms with E-state index in [9.17, 15) is 9.90 Å². The van der Waals surface area contributed by atoms with Crippen LogP contribution in [0.5, 0.6) is 0 Å². The molecule has 1 fully saturated rings. The molecular weight excluding hydrogens is 264 g/mol. The van der Waals surface area contributed by atoms with Gasteiger partial charge in [0.25, 0.3) is 0 Å². The minimum Gasteiger partial charge on any atom is -0.478 e. The summed E-state index contributed by atoms with van der Waals surface area (Å²) in [6, 6.07) is 5.72. The van der Waals surface area contributed by atoms with E-state index in [4.69, 9.17) is 0 Å². The molecule has 1 aliphatic rings. The zero-order valence-electron chi connectivity index (χ0n) is 10.3. The predicted octanol–water partition coefficient (Wildman–Crippen LogP) is 2.17. The lowest BCUT2D eigenvalue weighted by Gasteiger charge is -2.06. The van der Waals surface area contributed by atoms with E-state index in [0.717, 1.165) is 18.4 Å². The van der Waals surface area contributed by atoms with Gasteiger partial charge in [-0.15, -0.1) is 5.10 Å². The Bertz CT molecular complexity index is 636. The van der Waals surface area contributed by atoms with Crippen LogP contribution in [0.15, 0.2) is 28.3 Å². The van der Waals surface area contributed by atoms with Gasteiger partial charge >= 0.3 is 5.97 Å². The number of nitrogens with zero attached hydrogens (tertiary/aromatic N) is 4. The lowest BCUT2D eigenvalue weighted by Crippen LogP contribution is -2.02. The summed E-state index contributed by atoms with van der Waals surface area (Å²) < 4.78 is 1.77. The Morgan fingerprint density at radius 3 is 2.95 bits per heavy atom. The standard InChI is InChI=1S/C12H12N4O2S/c1-7-2-5-10(9(6-7)11(17)18)19-12-13-14-15-16(12)8-3-4-8/h2,5-6,8H,3-4H2,1H3,(H,17,18). The maximum atomic E-state index is 11.3. The van der Waals surface area contributed by atoms with Gasteiger partial charge in [0, 0.05) is 4.90 Å². The van der Waals surface area contributed by atoms with Crippen molar-refractivity contribution < 1.29 is 9.90 Å². The summed E-state index contributed by atoms with van der Waals surface area (Å²) in [5, 5.41) is 21.5. The summed E-state index contributed by atoms with van der Waals surface area (Å²) in [7, 11) is 0. The van der Waals surface area contributed by atoms with Crippen molar-refractivity contribution in [3.8, 4) is 0 Å². The van der Waals surface area contributed by atoms with Crippen molar-refractivity contribution in [3.05, 3.63) is 29.3 Å². The highest BCUT2D eigenvalue weighted by Crippen LogP contribution is 2.38. The van der Waals surface area contributed by atoms with Crippen molar-refractivity contribution in [2.75, 3.05) is 0 Å². The molecule has 1 aromatic carbocycles. The van der Waals surface area contributed by atoms with Crippen LogP contribution in [0.3, 0.4) is 0 Å². The molecule has 0 saturated heterocycles. The van der Waals surface area contributed by atoms with Crippen LogP contribution in [-0.2, 0) is 0 Å². The molecule has 1 aliphatic carbocycles. The lowest BCUT2D eigenvalue weighted by molar-refractivity contribution is 0.0693. The largest absolute Gasteiger partial charge is 0.478 e. The van der Waals surface area contributed by atoms with Crippen LogP contribution in [-0.4, -0.2) is 31.3 Å². The van der Waals surface area contributed by atoms with Gasteiger partial charge < -0.3 is 5.11 Å². The first-order chi connectivity index (χ1) is 9.15. The van der Waals surface area contributed by atoms with Crippen LogP contribution in [0.2, 0.25) is 0 Å². The third-order valence-electron chi connectivity index (χ3n) is 2.92. The highest BCUT2D eigenvalue weighted by Gasteiger charge is 2.28. The fourth-order valence-electron chi connectivity index (χ4n) is 1.80. The first kappa shape index (κ1) is 12.2. The van der Waals surface area contributed by atoms with E-state index in [1.54, 1.807) is 16.8 Å². The number of aromatic nitrogens is 4. The highest BCUT2D eigenvalue weighted by atomic mass is 32.2. The number of benzene rings is 1. The lowest BCUT2D eigenvalue weighted by atomic mass is 10.1. The SMILES string of the molecule is Cc1ccc(Sc2nnnn2C2CC2)c(C(=O)O)c1. The third-order valence-corrected chi connectivity index (χ3v) is 3.95. The van der Waals surface area contributed by atoms with Crippen molar-refractivity contribution in [2.45, 2.75) is 35.9 Å². The molecule has 0 aliphatic heterocycles. The van der Waals surface area contributed by atoms with E-state index >= 15 is 0 Å². The van der Waals surface area contributed by atoms with Crippen LogP contribution in [0.1, 0.15) is 34.8 Å². The van der Waals surface area contributed by atoms with Crippen LogP contribution in [0.4, 0.5) is 0 Å². The molecule has 0 spiro atoms. The number of aromatic carboxylic acids is 1. The number of aryl methyl sites for hydroxylation is 1. The zero-order chi connectivity index (χ0) is 13.4. The number of rotatable bonds is 4. The molecule has 1 aromatic heterocycles. The fourth-order valence-corrected chi connectivity index (χ4v) is 2.74. The van der Waals surface area contributed by atoms with E-state index in [0.29, 0.717) is 16.1 Å². The quantitative estimate of drug-likeness (QED) is 0.921. The first-order valence-electron chi connectivity index (χ1n) is 5.95. The molecule has 19 heavy (non-hydrogen) atoms. The molecule has 7 heteroatoms. The van der Waals surface area contributed by atoms with Gasteiger partial charge in [-0.25, -0.2) is 9.48 Å². The van der Waals surface area contributed by atoms with Crippen LogP contribution in [0.25, 0.3) is 0 Å². The number of carbonyl (C=O) groups is 1. The monoisotopic (exact) mass is 276 g/mol. The van der Waals surface area contributed by atoms with E-state index in [-0.39, 0.29) is 5.56 Å². The zero-order valence-corrected chi connectivity index (χ0v) is 11.1. The maximum absolute atomic E-state index is 11.3. The Kier molecular flexibility index (Phi) is 2.98. The van der Waals surface area contributed by atoms with Crippen molar-refractivity contribution in [1.82, 2.24) is 20.2 Å². The number of hydrogen-bond acceptors (Lipinski definition) is 5. The van der Waals surface area contributed by atoms with E-state index < -0.39 is 5.97 Å². The average molecular weight is 276 g/mol. The summed E-state index contributed by atoms with van der Waals surface area (Å²) in [6.07, 6.45) is 2.16. The van der Waals surface area contributed by atoms with Gasteiger partial charge in [-0.2, -0.15) is 0 Å². The highest BCUT2D eigenvalue weighted by molar-refractivity contribution is 7.99. The molecule has 1 heterocycles. The van der Waals surface area contributed by atoms with Crippen molar-refractivity contribution in [3.63, 3.8) is 0 Å². The van der Waals surface area contributed by atoms with Gasteiger partial charge in [0.15, 0.2) is 0 Å². The number of carboxylic acids is 1. The fraction of sp³-hybridized carbons (Fsp3) is 0.333. The summed E-state index contributed by atoms with van der Waals surface area (Å²) in [4.78, 5) is 11.9. The molecule has 0 unspecified atom stereocenters. The molecular formula is C12H12N4O2S. The van der Waals surface area contributed by atoms with E-state index in [2.05, 4.69) is 15.5 Å². The molecule has 1 N–H and O–H groups in total. The summed E-state index contributed by atoms with van der Waals surface area (Å²) in [5.74, 6) is -0.934. The van der Waals surface area contributed by atoms with Gasteiger partial charge in [-0.05, 0) is 54.1 Å². The first-order valence-corrected chi connectivity index (χ1v) is 6.76. The molecule has 1 saturated carbocycles. The molecule has 0 amide bonds. The molecule has 0 atom stereocenters. The Morgan fingerprint density at radius 1 is 1.47 bits per heavy atom. The Hall–Kier alpha value is -1.89. The third kappa shape index (κ3) is 2.46. The number of carboxylic acid groups (broad SMARTS) is 1. The van der Waals surface area contributed by atoms with Gasteiger partial charge in [-0.1, -0.05) is 11.6 Å². The Morgan fingerprint density at radius 2 is 2.26 bits per heavy atom. The molecule has 0 radical (unpaired) electrons. The molecule has 98 valence electrons. The molecule has 6 nitrogen and oxygen atoms in total. The average Bonchev–Trinajstić information content (AvgIpc) is 3.12. The van der Waals surface area contributed by atoms with Gasteiger partial charge in [0.1, 0.15) is 0 Å². The predicted molar refractivity (Wildman–Crippen MR) is 68.3 cm³/mol. The van der Waals surface area contributed by atoms with Crippen LogP contribution in [0, 0.1) is 6.92 Å². The number of hydrogen-bond donors (Lipinski definition) is 1. The summed E-state index contributed by atoms with van der Waals surface area (Å²) in [6.45, 7) is 1.87. The van der Waals surface area contributed by atoms with E-state index in [1.807, 2.05) is 13.0 Å². The Labute approximate surface area is 113 Å². The van der Waals surface area contributed by atoms with Crippen molar-refractivity contribution in [2.24, 2.45) is 0 Å². The minimum atomic E-state index is -0.934. The van der Waals surface area contributed by atoms with Crippen LogP contribution < -0.4 is 0 Å². The van der Waals surface area contributed by atoms with Crippen molar-refractivity contribution in [1.29, 1.82) is 0 Å². The second kappa shape index (κ2) is 4.65. The molecule has 3 rings (SSSR count). The van der Waals surface area contributed by atoms with Crippen LogP contribution >= 0.6 is 11.8 Å². The Balaban J connectivity index is 1.94. The molecule has 2 aromatic rings. The smallest absolute Gasteiger partial charge is 0.336 e. The topological polar surface area (TPSA) is 80.9 Å².